The third-order valence-electron chi connectivity index (χ3n) is 1.53. The third kappa shape index (κ3) is 3.74. The number of nitrogens with one attached hydrogen (secondary N) is 1. The van der Waals surface area contributed by atoms with E-state index in [0.717, 1.165) is 5.56 Å². The molecule has 0 aromatic heterocycles. The molecule has 0 atom stereocenters. The van der Waals surface area contributed by atoms with Crippen LogP contribution in [0.2, 0.25) is 10.0 Å². The highest BCUT2D eigenvalue weighted by molar-refractivity contribution is 6.34. The normalized spacial score (nSPS) is 9.93. The van der Waals surface area contributed by atoms with Crippen molar-refractivity contribution in [2.45, 2.75) is 6.54 Å². The Labute approximate surface area is 97.1 Å². The van der Waals surface area contributed by atoms with E-state index < -0.39 is 0 Å². The van der Waals surface area contributed by atoms with Crippen LogP contribution >= 0.6 is 34.8 Å². The first-order chi connectivity index (χ1) is 6.61. The number of hydrogen-bond acceptors (Lipinski definition) is 1. The van der Waals surface area contributed by atoms with Gasteiger partial charge in [-0.1, -0.05) is 23.2 Å². The summed E-state index contributed by atoms with van der Waals surface area (Å²) in [6, 6.07) is 5.11. The van der Waals surface area contributed by atoms with Gasteiger partial charge in [-0.15, -0.1) is 11.6 Å². The molecule has 0 bridgehead atoms. The van der Waals surface area contributed by atoms with E-state index in [9.17, 15) is 4.79 Å². The molecule has 0 fully saturated rings. The second kappa shape index (κ2) is 5.44. The van der Waals surface area contributed by atoms with E-state index in [1.165, 1.54) is 0 Å². The second-order valence-electron chi connectivity index (χ2n) is 2.69. The second-order valence-corrected chi connectivity index (χ2v) is 3.83. The van der Waals surface area contributed by atoms with Gasteiger partial charge in [0.05, 0.1) is 0 Å². The van der Waals surface area contributed by atoms with Gasteiger partial charge in [0.15, 0.2) is 0 Å². The van der Waals surface area contributed by atoms with Crippen LogP contribution in [0.25, 0.3) is 0 Å². The monoisotopic (exact) mass is 251 g/mol. The highest BCUT2D eigenvalue weighted by Gasteiger charge is 2.00. The van der Waals surface area contributed by atoms with Gasteiger partial charge in [0.1, 0.15) is 5.88 Å². The molecule has 5 heteroatoms. The highest BCUT2D eigenvalue weighted by Crippen LogP contribution is 2.18. The van der Waals surface area contributed by atoms with Crippen molar-refractivity contribution in [3.63, 3.8) is 0 Å². The molecule has 76 valence electrons. The molecule has 0 aliphatic heterocycles. The first-order valence-corrected chi connectivity index (χ1v) is 5.18. The lowest BCUT2D eigenvalue weighted by Crippen LogP contribution is -2.23. The number of benzene rings is 1. The van der Waals surface area contributed by atoms with E-state index in [-0.39, 0.29) is 11.8 Å². The molecule has 0 unspecified atom stereocenters. The van der Waals surface area contributed by atoms with Crippen LogP contribution in [-0.4, -0.2) is 11.8 Å². The average Bonchev–Trinajstić information content (AvgIpc) is 2.12. The predicted octanol–water partition coefficient (Wildman–Crippen LogP) is 2.85. The summed E-state index contributed by atoms with van der Waals surface area (Å²) < 4.78 is 0. The molecule has 1 rings (SSSR count). The first-order valence-electron chi connectivity index (χ1n) is 3.89. The summed E-state index contributed by atoms with van der Waals surface area (Å²) in [6.45, 7) is 0.381. The lowest BCUT2D eigenvalue weighted by atomic mass is 10.2. The Balaban J connectivity index is 2.63. The molecule has 0 aliphatic carbocycles. The van der Waals surface area contributed by atoms with Gasteiger partial charge in [-0.3, -0.25) is 4.79 Å². The van der Waals surface area contributed by atoms with Crippen LogP contribution in [0.1, 0.15) is 5.56 Å². The topological polar surface area (TPSA) is 29.1 Å². The molecule has 1 amide bonds. The van der Waals surface area contributed by atoms with Gasteiger partial charge in [0, 0.05) is 16.6 Å². The minimum Gasteiger partial charge on any atom is -0.351 e. The smallest absolute Gasteiger partial charge is 0.235 e. The number of carbonyl (C=O) groups is 1. The van der Waals surface area contributed by atoms with Crippen molar-refractivity contribution in [1.82, 2.24) is 5.32 Å². The summed E-state index contributed by atoms with van der Waals surface area (Å²) in [5, 5.41) is 3.71. The Morgan fingerprint density at radius 1 is 1.21 bits per heavy atom. The van der Waals surface area contributed by atoms with E-state index in [0.29, 0.717) is 16.6 Å². The fourth-order valence-corrected chi connectivity index (χ4v) is 1.63. The zero-order chi connectivity index (χ0) is 10.6. The maximum Gasteiger partial charge on any atom is 0.235 e. The van der Waals surface area contributed by atoms with Crippen molar-refractivity contribution in [2.75, 3.05) is 5.88 Å². The van der Waals surface area contributed by atoms with Crippen LogP contribution in [0.3, 0.4) is 0 Å². The number of halogens is 3. The van der Waals surface area contributed by atoms with Crippen molar-refractivity contribution in [3.05, 3.63) is 33.8 Å². The van der Waals surface area contributed by atoms with Gasteiger partial charge < -0.3 is 5.32 Å². The van der Waals surface area contributed by atoms with E-state index in [4.69, 9.17) is 34.8 Å². The van der Waals surface area contributed by atoms with Crippen molar-refractivity contribution >= 4 is 40.7 Å². The zero-order valence-electron chi connectivity index (χ0n) is 7.19. The summed E-state index contributed by atoms with van der Waals surface area (Å²) in [5.41, 5.74) is 0.848. The standard InChI is InChI=1S/C9H8Cl3NO/c10-4-9(14)13-5-6-1-7(11)3-8(12)2-6/h1-3H,4-5H2,(H,13,14). The van der Waals surface area contributed by atoms with E-state index >= 15 is 0 Å². The molecule has 2 nitrogen and oxygen atoms in total. The number of carbonyl (C=O) groups excluding carboxylic acids is 1. The highest BCUT2D eigenvalue weighted by atomic mass is 35.5. The Hall–Kier alpha value is -0.440. The van der Waals surface area contributed by atoms with Gasteiger partial charge in [0.2, 0.25) is 5.91 Å². The molecule has 0 aliphatic rings. The third-order valence-corrected chi connectivity index (χ3v) is 2.21. The largest absolute Gasteiger partial charge is 0.351 e. The molecular formula is C9H8Cl3NO. The summed E-state index contributed by atoms with van der Waals surface area (Å²) >= 11 is 16.9. The Kier molecular flexibility index (Phi) is 4.52. The van der Waals surface area contributed by atoms with Gasteiger partial charge in [-0.25, -0.2) is 0 Å². The average molecular weight is 253 g/mol. The van der Waals surface area contributed by atoms with Gasteiger partial charge in [-0.05, 0) is 23.8 Å². The van der Waals surface area contributed by atoms with Crippen molar-refractivity contribution in [2.24, 2.45) is 0 Å². The predicted molar refractivity (Wildman–Crippen MR) is 59.0 cm³/mol. The molecule has 1 aromatic rings. The lowest BCUT2D eigenvalue weighted by molar-refractivity contribution is -0.118. The molecule has 0 saturated carbocycles. The maximum absolute atomic E-state index is 10.8. The quantitative estimate of drug-likeness (QED) is 0.824. The number of hydrogen-bond donors (Lipinski definition) is 1. The summed E-state index contributed by atoms with van der Waals surface area (Å²) in [5.74, 6) is -0.267. The molecule has 1 N–H and O–H groups in total. The molecule has 0 spiro atoms. The zero-order valence-corrected chi connectivity index (χ0v) is 9.46. The molecule has 0 saturated heterocycles. The molecule has 1 aromatic carbocycles. The molecular weight excluding hydrogens is 244 g/mol. The Morgan fingerprint density at radius 2 is 1.79 bits per heavy atom. The minimum absolute atomic E-state index is 0.0473. The van der Waals surface area contributed by atoms with Crippen LogP contribution < -0.4 is 5.32 Å². The van der Waals surface area contributed by atoms with Gasteiger partial charge >= 0.3 is 0 Å². The fraction of sp³-hybridized carbons (Fsp3) is 0.222. The van der Waals surface area contributed by atoms with Gasteiger partial charge in [-0.2, -0.15) is 0 Å². The Morgan fingerprint density at radius 3 is 2.29 bits per heavy atom. The van der Waals surface area contributed by atoms with Crippen molar-refractivity contribution in [1.29, 1.82) is 0 Å². The Bertz CT molecular complexity index is 321. The van der Waals surface area contributed by atoms with Crippen LogP contribution in [0, 0.1) is 0 Å². The lowest BCUT2D eigenvalue weighted by Gasteiger charge is -2.04. The molecule has 14 heavy (non-hydrogen) atoms. The van der Waals surface area contributed by atoms with Crippen LogP contribution in [0.5, 0.6) is 0 Å². The van der Waals surface area contributed by atoms with E-state index in [2.05, 4.69) is 5.32 Å². The molecule has 0 radical (unpaired) electrons. The van der Waals surface area contributed by atoms with E-state index in [1.54, 1.807) is 18.2 Å². The summed E-state index contributed by atoms with van der Waals surface area (Å²) in [7, 11) is 0. The molecule has 0 heterocycles. The number of amides is 1. The minimum atomic E-state index is -0.220. The van der Waals surface area contributed by atoms with Gasteiger partial charge in [0.25, 0.3) is 0 Å². The van der Waals surface area contributed by atoms with Crippen LogP contribution in [0.15, 0.2) is 18.2 Å². The van der Waals surface area contributed by atoms with Crippen molar-refractivity contribution < 1.29 is 4.79 Å². The van der Waals surface area contributed by atoms with Crippen LogP contribution in [0.4, 0.5) is 0 Å². The SMILES string of the molecule is O=C(CCl)NCc1cc(Cl)cc(Cl)c1. The first kappa shape index (κ1) is 11.6. The van der Waals surface area contributed by atoms with Crippen LogP contribution in [-0.2, 0) is 11.3 Å². The van der Waals surface area contributed by atoms with E-state index in [1.807, 2.05) is 0 Å². The number of rotatable bonds is 3. The summed E-state index contributed by atoms with van der Waals surface area (Å²) in [4.78, 5) is 10.8. The summed E-state index contributed by atoms with van der Waals surface area (Å²) in [6.07, 6.45) is 0. The number of alkyl halides is 1. The fourth-order valence-electron chi connectivity index (χ4n) is 0.961. The van der Waals surface area contributed by atoms with Crippen molar-refractivity contribution in [3.8, 4) is 0 Å². The maximum atomic E-state index is 10.8.